The number of hydrogen-bond acceptors (Lipinski definition) is 2. The molecule has 1 aromatic carbocycles. The minimum Gasteiger partial charge on any atom is -0.357 e. The first kappa shape index (κ1) is 15.3. The van der Waals surface area contributed by atoms with Gasteiger partial charge in [0.1, 0.15) is 0 Å². The first-order valence-corrected chi connectivity index (χ1v) is 8.72. The van der Waals surface area contributed by atoms with E-state index in [-0.39, 0.29) is 4.75 Å². The molecule has 0 spiro atoms. The van der Waals surface area contributed by atoms with Gasteiger partial charge in [-0.1, -0.05) is 18.2 Å². The molecule has 1 aliphatic rings. The molecule has 4 nitrogen and oxygen atoms in total. The van der Waals surface area contributed by atoms with E-state index in [1.165, 1.54) is 16.6 Å². The van der Waals surface area contributed by atoms with Crippen LogP contribution >= 0.6 is 11.8 Å². The number of hydrogen-bond donors (Lipinski definition) is 2. The smallest absolute Gasteiger partial charge is 0.194 e. The number of aromatic nitrogens is 1. The van der Waals surface area contributed by atoms with Crippen LogP contribution < -0.4 is 5.32 Å². The van der Waals surface area contributed by atoms with Gasteiger partial charge in [-0.2, -0.15) is 11.8 Å². The Hall–Kier alpha value is -1.62. The molecule has 3 rings (SSSR count). The highest BCUT2D eigenvalue weighted by molar-refractivity contribution is 8.00. The number of aromatic amines is 1. The van der Waals surface area contributed by atoms with Crippen LogP contribution in [0.15, 0.2) is 35.3 Å². The zero-order valence-corrected chi connectivity index (χ0v) is 14.3. The van der Waals surface area contributed by atoms with Crippen molar-refractivity contribution in [2.75, 3.05) is 25.9 Å². The van der Waals surface area contributed by atoms with Crippen molar-refractivity contribution in [1.82, 2.24) is 15.2 Å². The topological polar surface area (TPSA) is 43.4 Å². The van der Waals surface area contributed by atoms with Gasteiger partial charge in [0, 0.05) is 41.8 Å². The van der Waals surface area contributed by atoms with Crippen molar-refractivity contribution in [1.29, 1.82) is 0 Å². The molecule has 2 heterocycles. The van der Waals surface area contributed by atoms with E-state index in [0.29, 0.717) is 0 Å². The minimum absolute atomic E-state index is 0.289. The van der Waals surface area contributed by atoms with Crippen LogP contribution in [0.1, 0.15) is 19.5 Å². The number of benzene rings is 1. The third-order valence-corrected chi connectivity index (χ3v) is 5.26. The number of para-hydroxylation sites is 1. The molecule has 1 aromatic heterocycles. The Morgan fingerprint density at radius 3 is 2.95 bits per heavy atom. The van der Waals surface area contributed by atoms with Crippen molar-refractivity contribution in [3.8, 4) is 0 Å². The molecule has 0 amide bonds. The van der Waals surface area contributed by atoms with Crippen LogP contribution in [0.2, 0.25) is 0 Å². The summed E-state index contributed by atoms with van der Waals surface area (Å²) in [6.07, 6.45) is 0. The van der Waals surface area contributed by atoms with Gasteiger partial charge >= 0.3 is 0 Å². The first-order chi connectivity index (χ1) is 10.6. The van der Waals surface area contributed by atoms with E-state index < -0.39 is 0 Å². The second kappa shape index (κ2) is 6.24. The van der Waals surface area contributed by atoms with Crippen molar-refractivity contribution in [3.05, 3.63) is 36.0 Å². The number of nitrogens with zero attached hydrogens (tertiary/aromatic N) is 2. The van der Waals surface area contributed by atoms with E-state index in [1.54, 1.807) is 0 Å². The van der Waals surface area contributed by atoms with Crippen molar-refractivity contribution < 1.29 is 0 Å². The third-order valence-electron chi connectivity index (χ3n) is 3.96. The van der Waals surface area contributed by atoms with Crippen LogP contribution in [-0.4, -0.2) is 46.5 Å². The monoisotopic (exact) mass is 316 g/mol. The second-order valence-electron chi connectivity index (χ2n) is 6.31. The number of guanidine groups is 1. The van der Waals surface area contributed by atoms with Crippen molar-refractivity contribution in [2.45, 2.75) is 25.1 Å². The van der Waals surface area contributed by atoms with E-state index in [2.05, 4.69) is 64.4 Å². The van der Waals surface area contributed by atoms with Gasteiger partial charge in [-0.15, -0.1) is 0 Å². The highest BCUT2D eigenvalue weighted by atomic mass is 32.2. The lowest BCUT2D eigenvalue weighted by Gasteiger charge is -2.39. The fourth-order valence-electron chi connectivity index (χ4n) is 2.93. The summed E-state index contributed by atoms with van der Waals surface area (Å²) in [5.74, 6) is 2.15. The summed E-state index contributed by atoms with van der Waals surface area (Å²) in [6.45, 7) is 7.46. The van der Waals surface area contributed by atoms with Crippen molar-refractivity contribution >= 4 is 28.6 Å². The lowest BCUT2D eigenvalue weighted by atomic mass is 10.2. The Morgan fingerprint density at radius 1 is 1.41 bits per heavy atom. The standard InChI is InChI=1S/C17H24N4S/c1-17(2)12-21(8-9-22-17)16(18-3)19-11-14-10-13-6-4-5-7-15(13)20-14/h4-7,10,20H,8-9,11-12H2,1-3H3,(H,18,19). The Bertz CT molecular complexity index is 641. The van der Waals surface area contributed by atoms with Crippen LogP contribution in [0.3, 0.4) is 0 Å². The molecular weight excluding hydrogens is 292 g/mol. The molecule has 0 bridgehead atoms. The molecule has 1 saturated heterocycles. The average Bonchev–Trinajstić information content (AvgIpc) is 2.89. The lowest BCUT2D eigenvalue weighted by molar-refractivity contribution is 0.375. The van der Waals surface area contributed by atoms with E-state index in [0.717, 1.165) is 31.3 Å². The Balaban J connectivity index is 1.66. The molecule has 0 atom stereocenters. The number of nitrogens with one attached hydrogen (secondary N) is 2. The molecule has 0 unspecified atom stereocenters. The minimum atomic E-state index is 0.289. The molecule has 0 saturated carbocycles. The summed E-state index contributed by atoms with van der Waals surface area (Å²) < 4.78 is 0.289. The predicted octanol–water partition coefficient (Wildman–Crippen LogP) is 3.07. The molecular formula is C17H24N4S. The number of thioether (sulfide) groups is 1. The van der Waals surface area contributed by atoms with Crippen molar-refractivity contribution in [2.24, 2.45) is 4.99 Å². The molecule has 1 aliphatic heterocycles. The van der Waals surface area contributed by atoms with Crippen LogP contribution in [0.25, 0.3) is 10.9 Å². The maximum absolute atomic E-state index is 4.45. The number of aliphatic imine (C=N–C) groups is 1. The summed E-state index contributed by atoms with van der Waals surface area (Å²) in [4.78, 5) is 10.3. The molecule has 22 heavy (non-hydrogen) atoms. The molecule has 118 valence electrons. The predicted molar refractivity (Wildman–Crippen MR) is 96.6 cm³/mol. The maximum atomic E-state index is 4.45. The van der Waals surface area contributed by atoms with Gasteiger partial charge in [0.05, 0.1) is 6.54 Å². The summed E-state index contributed by atoms with van der Waals surface area (Å²) in [5, 5.41) is 4.74. The molecule has 0 radical (unpaired) electrons. The average molecular weight is 316 g/mol. The van der Waals surface area contributed by atoms with E-state index in [4.69, 9.17) is 0 Å². The van der Waals surface area contributed by atoms with Gasteiger partial charge in [0.25, 0.3) is 0 Å². The van der Waals surface area contributed by atoms with Gasteiger partial charge in [-0.05, 0) is 31.4 Å². The lowest BCUT2D eigenvalue weighted by Crippen LogP contribution is -2.50. The third kappa shape index (κ3) is 3.40. The van der Waals surface area contributed by atoms with Crippen molar-refractivity contribution in [3.63, 3.8) is 0 Å². The van der Waals surface area contributed by atoms with Crippen LogP contribution in [0, 0.1) is 0 Å². The summed E-state index contributed by atoms with van der Waals surface area (Å²) in [5.41, 5.74) is 2.37. The molecule has 2 N–H and O–H groups in total. The van der Waals surface area contributed by atoms with Gasteiger partial charge < -0.3 is 15.2 Å². The van der Waals surface area contributed by atoms with Gasteiger partial charge in [0.2, 0.25) is 0 Å². The largest absolute Gasteiger partial charge is 0.357 e. The number of rotatable bonds is 2. The maximum Gasteiger partial charge on any atom is 0.194 e. The summed E-state index contributed by atoms with van der Waals surface area (Å²) >= 11 is 2.04. The van der Waals surface area contributed by atoms with Crippen LogP contribution in [-0.2, 0) is 6.54 Å². The highest BCUT2D eigenvalue weighted by Crippen LogP contribution is 2.29. The quantitative estimate of drug-likeness (QED) is 0.661. The zero-order valence-electron chi connectivity index (χ0n) is 13.5. The summed E-state index contributed by atoms with van der Waals surface area (Å²) in [6, 6.07) is 10.6. The molecule has 2 aromatic rings. The fourth-order valence-corrected chi connectivity index (χ4v) is 4.04. The highest BCUT2D eigenvalue weighted by Gasteiger charge is 2.28. The van der Waals surface area contributed by atoms with Gasteiger partial charge in [0.15, 0.2) is 5.96 Å². The Morgan fingerprint density at radius 2 is 2.23 bits per heavy atom. The number of H-pyrrole nitrogens is 1. The first-order valence-electron chi connectivity index (χ1n) is 7.74. The van der Waals surface area contributed by atoms with E-state index in [1.807, 2.05) is 18.8 Å². The summed E-state index contributed by atoms with van der Waals surface area (Å²) in [7, 11) is 1.86. The van der Waals surface area contributed by atoms with E-state index >= 15 is 0 Å². The SMILES string of the molecule is CN=C(NCc1cc2ccccc2[nH]1)N1CCSC(C)(C)C1. The second-order valence-corrected chi connectivity index (χ2v) is 8.11. The van der Waals surface area contributed by atoms with Gasteiger partial charge in [-0.3, -0.25) is 4.99 Å². The normalized spacial score (nSPS) is 18.7. The molecule has 5 heteroatoms. The Kier molecular flexibility index (Phi) is 4.34. The van der Waals surface area contributed by atoms with Crippen LogP contribution in [0.4, 0.5) is 0 Å². The van der Waals surface area contributed by atoms with E-state index in [9.17, 15) is 0 Å². The number of fused-ring (bicyclic) bond motifs is 1. The van der Waals surface area contributed by atoms with Crippen LogP contribution in [0.5, 0.6) is 0 Å². The molecule has 1 fully saturated rings. The molecule has 0 aliphatic carbocycles. The fraction of sp³-hybridized carbons (Fsp3) is 0.471. The zero-order chi connectivity index (χ0) is 15.6. The van der Waals surface area contributed by atoms with Gasteiger partial charge in [-0.25, -0.2) is 0 Å². The Labute approximate surface area is 136 Å².